The maximum atomic E-state index is 13.6. The van der Waals surface area contributed by atoms with Gasteiger partial charge >= 0.3 is 0 Å². The molecule has 2 aliphatic rings. The highest BCUT2D eigenvalue weighted by Crippen LogP contribution is 2.36. The molecule has 2 fully saturated rings. The van der Waals surface area contributed by atoms with Crippen LogP contribution < -0.4 is 15.4 Å². The molecule has 0 radical (unpaired) electrons. The van der Waals surface area contributed by atoms with E-state index in [1.807, 2.05) is 12.1 Å². The number of anilines is 3. The number of carbonyl (C=O) groups excluding carboxylic acids is 1. The number of likely N-dealkylation sites (tertiary alicyclic amines) is 1. The van der Waals surface area contributed by atoms with Gasteiger partial charge in [-0.3, -0.25) is 9.69 Å². The van der Waals surface area contributed by atoms with Crippen LogP contribution in [0.15, 0.2) is 48.8 Å². The van der Waals surface area contributed by atoms with E-state index in [0.717, 1.165) is 32.5 Å². The summed E-state index contributed by atoms with van der Waals surface area (Å²) in [5.41, 5.74) is 1.79. The molecule has 1 aliphatic carbocycles. The predicted octanol–water partition coefficient (Wildman–Crippen LogP) is 5.55. The van der Waals surface area contributed by atoms with Gasteiger partial charge in [0.05, 0.1) is 22.8 Å². The molecular weight excluding hydrogens is 469 g/mol. The fourth-order valence-corrected chi connectivity index (χ4v) is 4.23. The first-order valence-electron chi connectivity index (χ1n) is 11.9. The summed E-state index contributed by atoms with van der Waals surface area (Å²) in [5.74, 6) is 0.911. The van der Waals surface area contributed by atoms with E-state index in [2.05, 4.69) is 25.5 Å². The Hall–Kier alpha value is -3.23. The van der Waals surface area contributed by atoms with Crippen LogP contribution in [0, 0.1) is 11.7 Å². The summed E-state index contributed by atoms with van der Waals surface area (Å²) in [5, 5.41) is 6.82. The first kappa shape index (κ1) is 23.5. The van der Waals surface area contributed by atoms with E-state index in [-0.39, 0.29) is 10.9 Å². The van der Waals surface area contributed by atoms with Crippen molar-refractivity contribution in [1.29, 1.82) is 0 Å². The van der Waals surface area contributed by atoms with Gasteiger partial charge in [-0.15, -0.1) is 0 Å². The Bertz CT molecular complexity index is 1260. The van der Waals surface area contributed by atoms with Crippen LogP contribution in [-0.4, -0.2) is 47.0 Å². The second kappa shape index (κ2) is 10.6. The average Bonchev–Trinajstić information content (AvgIpc) is 3.53. The Morgan fingerprint density at radius 3 is 2.80 bits per heavy atom. The number of ether oxygens (including phenoxy) is 1. The molecule has 182 valence electrons. The topological polar surface area (TPSA) is 79.4 Å². The molecule has 35 heavy (non-hydrogen) atoms. The lowest BCUT2D eigenvalue weighted by Crippen LogP contribution is -2.19. The molecule has 7 nitrogen and oxygen atoms in total. The van der Waals surface area contributed by atoms with Crippen molar-refractivity contribution in [3.63, 3.8) is 0 Å². The van der Waals surface area contributed by atoms with Crippen LogP contribution in [0.3, 0.4) is 0 Å². The fourth-order valence-electron chi connectivity index (χ4n) is 4.05. The molecule has 5 rings (SSSR count). The molecule has 2 N–H and O–H groups in total. The van der Waals surface area contributed by atoms with E-state index in [4.69, 9.17) is 16.3 Å². The molecule has 3 aromatic rings. The summed E-state index contributed by atoms with van der Waals surface area (Å²) in [6.07, 6.45) is 9.63. The van der Waals surface area contributed by atoms with Crippen molar-refractivity contribution in [2.24, 2.45) is 5.92 Å². The third-order valence-electron chi connectivity index (χ3n) is 6.18. The van der Waals surface area contributed by atoms with E-state index in [9.17, 15) is 9.18 Å². The summed E-state index contributed by atoms with van der Waals surface area (Å²) in [6.45, 7) is 3.51. The van der Waals surface area contributed by atoms with E-state index < -0.39 is 5.82 Å². The monoisotopic (exact) mass is 495 g/mol. The highest BCUT2D eigenvalue weighted by atomic mass is 35.5. The Kier molecular flexibility index (Phi) is 7.11. The SMILES string of the molecule is O=C(C=CCN1CCCC1)Nc1cc2c(Nc3ccc(F)c(Cl)c3)ncnc2cc1OCC1CC1. The van der Waals surface area contributed by atoms with Gasteiger partial charge in [-0.05, 0) is 69.0 Å². The molecule has 2 aromatic carbocycles. The van der Waals surface area contributed by atoms with Crippen LogP contribution >= 0.6 is 11.6 Å². The second-order valence-corrected chi connectivity index (χ2v) is 9.40. The van der Waals surface area contributed by atoms with Gasteiger partial charge in [0.2, 0.25) is 5.91 Å². The van der Waals surface area contributed by atoms with Gasteiger partial charge in [0.25, 0.3) is 0 Å². The molecular formula is C26H27ClFN5O2. The minimum atomic E-state index is -0.495. The van der Waals surface area contributed by atoms with Crippen LogP contribution in [0.5, 0.6) is 5.75 Å². The predicted molar refractivity (Wildman–Crippen MR) is 136 cm³/mol. The smallest absolute Gasteiger partial charge is 0.248 e. The summed E-state index contributed by atoms with van der Waals surface area (Å²) >= 11 is 5.93. The average molecular weight is 496 g/mol. The first-order chi connectivity index (χ1) is 17.0. The summed E-state index contributed by atoms with van der Waals surface area (Å²) < 4.78 is 19.6. The molecule has 0 atom stereocenters. The molecule has 0 bridgehead atoms. The number of nitrogens with one attached hydrogen (secondary N) is 2. The van der Waals surface area contributed by atoms with Crippen molar-refractivity contribution in [3.8, 4) is 5.75 Å². The van der Waals surface area contributed by atoms with Gasteiger partial charge in [-0.25, -0.2) is 14.4 Å². The molecule has 9 heteroatoms. The van der Waals surface area contributed by atoms with Crippen LogP contribution in [0.1, 0.15) is 25.7 Å². The van der Waals surface area contributed by atoms with Crippen molar-refractivity contribution >= 4 is 45.6 Å². The van der Waals surface area contributed by atoms with Gasteiger partial charge in [0.1, 0.15) is 23.7 Å². The highest BCUT2D eigenvalue weighted by Gasteiger charge is 2.23. The zero-order valence-corrected chi connectivity index (χ0v) is 20.0. The Morgan fingerprint density at radius 1 is 1.20 bits per heavy atom. The minimum absolute atomic E-state index is 0.0118. The maximum absolute atomic E-state index is 13.6. The Labute approximate surface area is 208 Å². The Morgan fingerprint density at radius 2 is 2.03 bits per heavy atom. The zero-order chi connectivity index (χ0) is 24.2. The first-order valence-corrected chi connectivity index (χ1v) is 12.3. The molecule has 0 spiro atoms. The van der Waals surface area contributed by atoms with Gasteiger partial charge in [0, 0.05) is 29.8 Å². The van der Waals surface area contributed by atoms with E-state index in [1.165, 1.54) is 31.3 Å². The number of halogens is 2. The highest BCUT2D eigenvalue weighted by molar-refractivity contribution is 6.31. The quantitative estimate of drug-likeness (QED) is 0.379. The van der Waals surface area contributed by atoms with Crippen molar-refractivity contribution in [1.82, 2.24) is 14.9 Å². The van der Waals surface area contributed by atoms with E-state index in [0.29, 0.717) is 46.4 Å². The van der Waals surface area contributed by atoms with Crippen molar-refractivity contribution < 1.29 is 13.9 Å². The van der Waals surface area contributed by atoms with E-state index >= 15 is 0 Å². The third-order valence-corrected chi connectivity index (χ3v) is 6.47. The number of fused-ring (bicyclic) bond motifs is 1. The van der Waals surface area contributed by atoms with Gasteiger partial charge in [0.15, 0.2) is 0 Å². The molecule has 1 aliphatic heterocycles. The summed E-state index contributed by atoms with van der Waals surface area (Å²) in [6, 6.07) is 7.98. The lowest BCUT2D eigenvalue weighted by molar-refractivity contribution is -0.111. The number of hydrogen-bond acceptors (Lipinski definition) is 6. The number of aromatic nitrogens is 2. The van der Waals surface area contributed by atoms with Gasteiger partial charge in [-0.2, -0.15) is 0 Å². The number of rotatable bonds is 9. The largest absolute Gasteiger partial charge is 0.491 e. The van der Waals surface area contributed by atoms with Crippen LogP contribution in [0.4, 0.5) is 21.6 Å². The molecule has 2 heterocycles. The number of hydrogen-bond donors (Lipinski definition) is 2. The van der Waals surface area contributed by atoms with Crippen LogP contribution in [-0.2, 0) is 4.79 Å². The Balaban J connectivity index is 1.40. The molecule has 1 aromatic heterocycles. The van der Waals surface area contributed by atoms with Gasteiger partial charge in [-0.1, -0.05) is 17.7 Å². The van der Waals surface area contributed by atoms with Gasteiger partial charge < -0.3 is 15.4 Å². The lowest BCUT2D eigenvalue weighted by atomic mass is 10.1. The maximum Gasteiger partial charge on any atom is 0.248 e. The van der Waals surface area contributed by atoms with E-state index in [1.54, 1.807) is 18.2 Å². The standard InChI is InChI=1S/C26H27ClFN5O2/c27-20-12-18(7-8-21(20)28)31-26-19-13-23(32-25(34)4-3-11-33-9-1-2-10-33)24(35-15-17-5-6-17)14-22(19)29-16-30-26/h3-4,7-8,12-14,16-17H,1-2,5-6,9-11,15H2,(H,32,34)(H,29,30,31). The van der Waals surface area contributed by atoms with Crippen molar-refractivity contribution in [3.05, 3.63) is 59.7 Å². The normalized spacial score (nSPS) is 16.2. The van der Waals surface area contributed by atoms with Crippen molar-refractivity contribution in [2.75, 3.05) is 36.9 Å². The lowest BCUT2D eigenvalue weighted by Gasteiger charge is -2.15. The molecule has 1 amide bonds. The molecule has 1 saturated heterocycles. The van der Waals surface area contributed by atoms with Crippen LogP contribution in [0.2, 0.25) is 5.02 Å². The van der Waals surface area contributed by atoms with Crippen molar-refractivity contribution in [2.45, 2.75) is 25.7 Å². The van der Waals surface area contributed by atoms with Crippen LogP contribution in [0.25, 0.3) is 10.9 Å². The fraction of sp³-hybridized carbons (Fsp3) is 0.346. The minimum Gasteiger partial charge on any atom is -0.491 e. The third kappa shape index (κ3) is 6.07. The number of carbonyl (C=O) groups is 1. The summed E-state index contributed by atoms with van der Waals surface area (Å²) in [4.78, 5) is 23.8. The summed E-state index contributed by atoms with van der Waals surface area (Å²) in [7, 11) is 0. The molecule has 0 unspecified atom stereocenters. The molecule has 1 saturated carbocycles. The second-order valence-electron chi connectivity index (χ2n) is 9.00. The number of nitrogens with zero attached hydrogens (tertiary/aromatic N) is 3. The zero-order valence-electron chi connectivity index (χ0n) is 19.3. The number of benzene rings is 2. The number of amides is 1.